The van der Waals surface area contributed by atoms with Gasteiger partial charge in [-0.25, -0.2) is 0 Å². The molecule has 80 valence electrons. The minimum absolute atomic E-state index is 0.0139. The summed E-state index contributed by atoms with van der Waals surface area (Å²) >= 11 is 0. The highest BCUT2D eigenvalue weighted by atomic mass is 16.3. The maximum absolute atomic E-state index is 9.69. The van der Waals surface area contributed by atoms with Gasteiger partial charge >= 0.3 is 0 Å². The summed E-state index contributed by atoms with van der Waals surface area (Å²) in [5.74, 6) is 2.00. The van der Waals surface area contributed by atoms with Crippen molar-refractivity contribution in [1.82, 2.24) is 0 Å². The van der Waals surface area contributed by atoms with Crippen molar-refractivity contribution >= 4 is 0 Å². The van der Waals surface area contributed by atoms with Crippen LogP contribution in [0.5, 0.6) is 5.75 Å². The molecule has 0 spiro atoms. The Hall–Kier alpha value is -1.02. The van der Waals surface area contributed by atoms with E-state index in [1.807, 2.05) is 18.2 Å². The van der Waals surface area contributed by atoms with Gasteiger partial charge in [-0.1, -0.05) is 18.2 Å². The number of benzene rings is 1. The monoisotopic (exact) mass is 203 g/mol. The quantitative estimate of drug-likeness (QED) is 0.790. The molecule has 0 bridgehead atoms. The molecule has 0 heterocycles. The molecule has 0 aliphatic heterocycles. The maximum atomic E-state index is 9.69. The molecule has 0 aromatic heterocycles. The lowest BCUT2D eigenvalue weighted by atomic mass is 10.0. The molecular formula is C13H17NO. The molecule has 3 N–H and O–H groups in total. The summed E-state index contributed by atoms with van der Waals surface area (Å²) in [5.41, 5.74) is 7.31. The van der Waals surface area contributed by atoms with E-state index in [9.17, 15) is 5.11 Å². The summed E-state index contributed by atoms with van der Waals surface area (Å²) in [6, 6.07) is 7.54. The highest BCUT2D eigenvalue weighted by molar-refractivity contribution is 5.35. The Morgan fingerprint density at radius 1 is 1.33 bits per heavy atom. The smallest absolute Gasteiger partial charge is 0.118 e. The number of hydrogen-bond donors (Lipinski definition) is 2. The standard InChI is InChI=1S/C13H17NO/c14-13(8-11(13)9-5-6-9)7-10-3-1-2-4-12(10)15/h1-4,9,11,15H,5-8,14H2. The highest BCUT2D eigenvalue weighted by Gasteiger charge is 2.57. The zero-order valence-electron chi connectivity index (χ0n) is 8.82. The van der Waals surface area contributed by atoms with Crippen LogP contribution in [0.3, 0.4) is 0 Å². The van der Waals surface area contributed by atoms with E-state index in [0.29, 0.717) is 5.75 Å². The molecule has 15 heavy (non-hydrogen) atoms. The van der Waals surface area contributed by atoms with Gasteiger partial charge in [0.2, 0.25) is 0 Å². The molecule has 3 rings (SSSR count). The van der Waals surface area contributed by atoms with Gasteiger partial charge in [-0.2, -0.15) is 0 Å². The second-order valence-electron chi connectivity index (χ2n) is 5.19. The molecular weight excluding hydrogens is 186 g/mol. The van der Waals surface area contributed by atoms with Gasteiger partial charge in [0.1, 0.15) is 5.75 Å². The van der Waals surface area contributed by atoms with Crippen LogP contribution in [-0.4, -0.2) is 10.6 Å². The SMILES string of the molecule is NC1(Cc2ccccc2O)CC1C1CC1. The lowest BCUT2D eigenvalue weighted by Gasteiger charge is -2.12. The Balaban J connectivity index is 1.73. The van der Waals surface area contributed by atoms with Crippen LogP contribution in [0, 0.1) is 11.8 Å². The van der Waals surface area contributed by atoms with Gasteiger partial charge in [0, 0.05) is 5.54 Å². The molecule has 0 radical (unpaired) electrons. The maximum Gasteiger partial charge on any atom is 0.118 e. The van der Waals surface area contributed by atoms with E-state index in [1.165, 1.54) is 12.8 Å². The highest BCUT2D eigenvalue weighted by Crippen LogP contribution is 2.57. The molecule has 1 aromatic carbocycles. The second kappa shape index (κ2) is 2.99. The molecule has 2 aliphatic carbocycles. The fourth-order valence-electron chi connectivity index (χ4n) is 2.70. The number of rotatable bonds is 3. The lowest BCUT2D eigenvalue weighted by molar-refractivity contribution is 0.458. The molecule has 1 aromatic rings. The molecule has 2 saturated carbocycles. The van der Waals surface area contributed by atoms with Crippen molar-refractivity contribution in [1.29, 1.82) is 0 Å². The first-order valence-corrected chi connectivity index (χ1v) is 5.75. The first kappa shape index (κ1) is 9.22. The summed E-state index contributed by atoms with van der Waals surface area (Å²) in [5, 5.41) is 9.69. The summed E-state index contributed by atoms with van der Waals surface area (Å²) in [7, 11) is 0. The molecule has 2 aliphatic rings. The Morgan fingerprint density at radius 3 is 2.73 bits per heavy atom. The number of aromatic hydroxyl groups is 1. The van der Waals surface area contributed by atoms with E-state index in [1.54, 1.807) is 6.07 Å². The van der Waals surface area contributed by atoms with E-state index < -0.39 is 0 Å². The van der Waals surface area contributed by atoms with Crippen molar-refractivity contribution in [2.24, 2.45) is 17.6 Å². The summed E-state index contributed by atoms with van der Waals surface area (Å²) in [6.07, 6.45) is 4.71. The van der Waals surface area contributed by atoms with Crippen LogP contribution in [0.1, 0.15) is 24.8 Å². The van der Waals surface area contributed by atoms with Crippen molar-refractivity contribution in [3.63, 3.8) is 0 Å². The predicted octanol–water partition coefficient (Wildman–Crippen LogP) is 2.06. The topological polar surface area (TPSA) is 46.2 Å². The van der Waals surface area contributed by atoms with Crippen LogP contribution in [0.2, 0.25) is 0 Å². The Bertz CT molecular complexity index is 386. The number of para-hydroxylation sites is 1. The number of phenolic OH excluding ortho intramolecular Hbond substituents is 1. The average Bonchev–Trinajstić information content (AvgIpc) is 3.05. The molecule has 0 saturated heterocycles. The van der Waals surface area contributed by atoms with Gasteiger partial charge in [0.05, 0.1) is 0 Å². The third-order valence-corrected chi connectivity index (χ3v) is 3.88. The minimum atomic E-state index is -0.0139. The Morgan fingerprint density at radius 2 is 2.07 bits per heavy atom. The third kappa shape index (κ3) is 1.63. The molecule has 2 atom stereocenters. The predicted molar refractivity (Wildman–Crippen MR) is 59.6 cm³/mol. The lowest BCUT2D eigenvalue weighted by Crippen LogP contribution is -2.28. The summed E-state index contributed by atoms with van der Waals surface area (Å²) in [4.78, 5) is 0. The van der Waals surface area contributed by atoms with E-state index in [2.05, 4.69) is 0 Å². The normalized spacial score (nSPS) is 34.1. The van der Waals surface area contributed by atoms with Gasteiger partial charge in [-0.3, -0.25) is 0 Å². The number of hydrogen-bond acceptors (Lipinski definition) is 2. The zero-order valence-corrected chi connectivity index (χ0v) is 8.82. The third-order valence-electron chi connectivity index (χ3n) is 3.88. The summed E-state index contributed by atoms with van der Waals surface area (Å²) in [6.45, 7) is 0. The number of phenols is 1. The molecule has 2 fully saturated rings. The van der Waals surface area contributed by atoms with Crippen molar-refractivity contribution in [3.8, 4) is 5.75 Å². The van der Waals surface area contributed by atoms with Crippen molar-refractivity contribution in [2.75, 3.05) is 0 Å². The van der Waals surface area contributed by atoms with Gasteiger partial charge in [-0.05, 0) is 49.1 Å². The molecule has 2 heteroatoms. The van der Waals surface area contributed by atoms with Gasteiger partial charge in [-0.15, -0.1) is 0 Å². The fourth-order valence-corrected chi connectivity index (χ4v) is 2.70. The largest absolute Gasteiger partial charge is 0.508 e. The van der Waals surface area contributed by atoms with Crippen LogP contribution >= 0.6 is 0 Å². The van der Waals surface area contributed by atoms with Crippen molar-refractivity contribution < 1.29 is 5.11 Å². The number of nitrogens with two attached hydrogens (primary N) is 1. The summed E-state index contributed by atoms with van der Waals surface area (Å²) < 4.78 is 0. The van der Waals surface area contributed by atoms with Crippen LogP contribution < -0.4 is 5.73 Å². The van der Waals surface area contributed by atoms with Crippen LogP contribution in [0.4, 0.5) is 0 Å². The fraction of sp³-hybridized carbons (Fsp3) is 0.538. The first-order chi connectivity index (χ1) is 7.19. The van der Waals surface area contributed by atoms with Crippen molar-refractivity contribution in [2.45, 2.75) is 31.2 Å². The van der Waals surface area contributed by atoms with E-state index in [0.717, 1.165) is 30.2 Å². The Labute approximate surface area is 90.1 Å². The van der Waals surface area contributed by atoms with Crippen LogP contribution in [0.25, 0.3) is 0 Å². The van der Waals surface area contributed by atoms with Gasteiger partial charge < -0.3 is 10.8 Å². The van der Waals surface area contributed by atoms with Crippen molar-refractivity contribution in [3.05, 3.63) is 29.8 Å². The molecule has 2 unspecified atom stereocenters. The van der Waals surface area contributed by atoms with Crippen LogP contribution in [0.15, 0.2) is 24.3 Å². The van der Waals surface area contributed by atoms with E-state index >= 15 is 0 Å². The van der Waals surface area contributed by atoms with E-state index in [-0.39, 0.29) is 5.54 Å². The van der Waals surface area contributed by atoms with Crippen LogP contribution in [-0.2, 0) is 6.42 Å². The van der Waals surface area contributed by atoms with Gasteiger partial charge in [0.25, 0.3) is 0 Å². The molecule has 0 amide bonds. The second-order valence-corrected chi connectivity index (χ2v) is 5.19. The van der Waals surface area contributed by atoms with E-state index in [4.69, 9.17) is 5.73 Å². The minimum Gasteiger partial charge on any atom is -0.508 e. The zero-order chi connectivity index (χ0) is 10.5. The average molecular weight is 203 g/mol. The van der Waals surface area contributed by atoms with Gasteiger partial charge in [0.15, 0.2) is 0 Å². The molecule has 2 nitrogen and oxygen atoms in total. The first-order valence-electron chi connectivity index (χ1n) is 5.75. The Kier molecular flexibility index (Phi) is 1.84.